The van der Waals surface area contributed by atoms with E-state index in [-0.39, 0.29) is 0 Å². The molecule has 2 aliphatic carbocycles. The van der Waals surface area contributed by atoms with E-state index in [1.807, 2.05) is 0 Å². The van der Waals surface area contributed by atoms with Crippen LogP contribution in [0.15, 0.2) is 91.0 Å². The Morgan fingerprint density at radius 1 is 0.600 bits per heavy atom. The van der Waals surface area contributed by atoms with Crippen LogP contribution in [0.25, 0.3) is 21.9 Å². The van der Waals surface area contributed by atoms with Gasteiger partial charge in [0.15, 0.2) is 0 Å². The Hall–Kier alpha value is -3.06. The molecule has 1 nitrogen and oxygen atoms in total. The first-order valence-corrected chi connectivity index (χ1v) is 8.78. The summed E-state index contributed by atoms with van der Waals surface area (Å²) in [4.78, 5) is 0. The number of hydrogen-bond acceptors (Lipinski definition) is 1. The molecule has 122 valence electrons. The molecule has 5 rings (SSSR count). The van der Waals surface area contributed by atoms with Gasteiger partial charge in [-0.3, -0.25) is 0 Å². The van der Waals surface area contributed by atoms with E-state index in [4.69, 9.17) is 0 Å². The maximum Gasteiger partial charge on any atom is 0.0463 e. The fourth-order valence-corrected chi connectivity index (χ4v) is 3.09. The molecule has 0 saturated heterocycles. The summed E-state index contributed by atoms with van der Waals surface area (Å²) in [6, 6.07) is 31.8. The largest absolute Gasteiger partial charge is 0.355 e. The zero-order valence-electron chi connectivity index (χ0n) is 14.4. The normalized spacial score (nSPS) is 10.8. The predicted molar refractivity (Wildman–Crippen MR) is 108 cm³/mol. The molecule has 0 spiro atoms. The predicted octanol–water partition coefficient (Wildman–Crippen LogP) is 6.81. The minimum Gasteiger partial charge on any atom is -0.355 e. The zero-order valence-corrected chi connectivity index (χ0v) is 14.4. The molecule has 1 N–H and O–H groups in total. The van der Waals surface area contributed by atoms with Crippen molar-refractivity contribution in [3.63, 3.8) is 0 Å². The molecular weight excluding hydrogens is 302 g/mol. The molecule has 3 aromatic carbocycles. The summed E-state index contributed by atoms with van der Waals surface area (Å²) in [6.45, 7) is 2.18. The highest BCUT2D eigenvalue weighted by Crippen LogP contribution is 2.29. The van der Waals surface area contributed by atoms with Crippen molar-refractivity contribution in [2.45, 2.75) is 13.3 Å². The summed E-state index contributed by atoms with van der Waals surface area (Å²) in [5, 5.41) is 6.09. The van der Waals surface area contributed by atoms with Gasteiger partial charge in [-0.2, -0.15) is 0 Å². The minimum atomic E-state index is 1.04. The van der Waals surface area contributed by atoms with Gasteiger partial charge in [0.2, 0.25) is 0 Å². The zero-order chi connectivity index (χ0) is 17.1. The van der Waals surface area contributed by atoms with Crippen LogP contribution in [0, 0.1) is 0 Å². The molecule has 25 heavy (non-hydrogen) atoms. The van der Waals surface area contributed by atoms with E-state index in [0.717, 1.165) is 6.42 Å². The second-order valence-corrected chi connectivity index (χ2v) is 6.24. The van der Waals surface area contributed by atoms with Crippen molar-refractivity contribution in [2.75, 3.05) is 5.32 Å². The van der Waals surface area contributed by atoms with Gasteiger partial charge < -0.3 is 5.32 Å². The average Bonchev–Trinajstić information content (AvgIpc) is 2.66. The Morgan fingerprint density at radius 3 is 1.88 bits per heavy atom. The Kier molecular flexibility index (Phi) is 4.22. The van der Waals surface area contributed by atoms with Crippen LogP contribution in [-0.2, 0) is 6.42 Å². The molecule has 2 aliphatic rings. The number of anilines is 2. The van der Waals surface area contributed by atoms with E-state index in [0.29, 0.717) is 0 Å². The lowest BCUT2D eigenvalue weighted by atomic mass is 9.95. The van der Waals surface area contributed by atoms with E-state index >= 15 is 0 Å². The Balaban J connectivity index is 0.000000217. The van der Waals surface area contributed by atoms with E-state index in [1.165, 1.54) is 38.8 Å². The van der Waals surface area contributed by atoms with E-state index < -0.39 is 0 Å². The van der Waals surface area contributed by atoms with E-state index in [9.17, 15) is 0 Å². The first kappa shape index (κ1) is 15.5. The van der Waals surface area contributed by atoms with Gasteiger partial charge in [-0.15, -0.1) is 0 Å². The third-order valence-electron chi connectivity index (χ3n) is 4.68. The van der Waals surface area contributed by atoms with Crippen LogP contribution in [-0.4, -0.2) is 0 Å². The second-order valence-electron chi connectivity index (χ2n) is 6.24. The van der Waals surface area contributed by atoms with Crippen LogP contribution >= 0.6 is 0 Å². The summed E-state index contributed by atoms with van der Waals surface area (Å²) in [5.74, 6) is 0. The lowest BCUT2D eigenvalue weighted by Gasteiger charge is -2.13. The van der Waals surface area contributed by atoms with Gasteiger partial charge in [-0.05, 0) is 40.6 Å². The highest BCUT2D eigenvalue weighted by molar-refractivity contribution is 5.95. The van der Waals surface area contributed by atoms with Crippen LogP contribution in [0.1, 0.15) is 12.5 Å². The molecule has 0 unspecified atom stereocenters. The molecule has 0 atom stereocenters. The molecule has 0 heterocycles. The molecule has 3 aromatic rings. The fourth-order valence-electron chi connectivity index (χ4n) is 3.09. The first-order valence-electron chi connectivity index (χ1n) is 8.78. The van der Waals surface area contributed by atoms with Crippen LogP contribution in [0.2, 0.25) is 0 Å². The monoisotopic (exact) mass is 323 g/mol. The molecular formula is C24H21N. The van der Waals surface area contributed by atoms with Crippen LogP contribution in [0.4, 0.5) is 11.4 Å². The molecule has 1 heteroatoms. The van der Waals surface area contributed by atoms with Gasteiger partial charge in [0.05, 0.1) is 0 Å². The molecule has 0 bridgehead atoms. The summed E-state index contributed by atoms with van der Waals surface area (Å²) in [5.41, 5.74) is 6.56. The number of aryl methyl sites for hydroxylation is 1. The van der Waals surface area contributed by atoms with Crippen molar-refractivity contribution >= 4 is 22.1 Å². The average molecular weight is 323 g/mol. The third-order valence-corrected chi connectivity index (χ3v) is 4.68. The summed E-state index contributed by atoms with van der Waals surface area (Å²) >= 11 is 0. The van der Waals surface area contributed by atoms with Crippen molar-refractivity contribution in [1.82, 2.24) is 0 Å². The van der Waals surface area contributed by atoms with Crippen molar-refractivity contribution < 1.29 is 0 Å². The third kappa shape index (κ3) is 3.14. The molecule has 0 radical (unpaired) electrons. The first-order chi connectivity index (χ1) is 12.3. The smallest absolute Gasteiger partial charge is 0.0463 e. The summed E-state index contributed by atoms with van der Waals surface area (Å²) in [6.07, 6.45) is 1.04. The lowest BCUT2D eigenvalue weighted by molar-refractivity contribution is 1.14. The van der Waals surface area contributed by atoms with Gasteiger partial charge in [0.1, 0.15) is 0 Å². The Bertz CT molecular complexity index is 973. The van der Waals surface area contributed by atoms with Crippen LogP contribution < -0.4 is 5.32 Å². The minimum absolute atomic E-state index is 1.04. The maximum atomic E-state index is 3.57. The Morgan fingerprint density at radius 2 is 1.20 bits per heavy atom. The van der Waals surface area contributed by atoms with Crippen LogP contribution in [0.3, 0.4) is 0 Å². The van der Waals surface area contributed by atoms with Gasteiger partial charge >= 0.3 is 0 Å². The standard InChI is InChI=1S/C18H17N.C6H4/c1-2-14-8-4-6-12-17(14)19-18-13-7-10-15-9-3-5-11-16(15)18;1-2-6-4-3-5(1)6/h3-13,19H,2H2,1H3;1-4H. The van der Waals surface area contributed by atoms with Crippen molar-refractivity contribution in [1.29, 1.82) is 0 Å². The number of nitrogens with one attached hydrogen (secondary N) is 1. The number of benzene rings is 4. The number of para-hydroxylation sites is 1. The summed E-state index contributed by atoms with van der Waals surface area (Å²) in [7, 11) is 0. The summed E-state index contributed by atoms with van der Waals surface area (Å²) < 4.78 is 0. The number of hydrogen-bond donors (Lipinski definition) is 1. The van der Waals surface area contributed by atoms with Crippen molar-refractivity contribution in [2.24, 2.45) is 0 Å². The highest BCUT2D eigenvalue weighted by atomic mass is 14.9. The number of fused-ring (bicyclic) bond motifs is 2. The van der Waals surface area contributed by atoms with E-state index in [1.54, 1.807) is 0 Å². The molecule has 0 amide bonds. The van der Waals surface area contributed by atoms with Gasteiger partial charge in [-0.25, -0.2) is 0 Å². The van der Waals surface area contributed by atoms with Gasteiger partial charge in [0, 0.05) is 16.8 Å². The molecule has 0 aromatic heterocycles. The Labute approximate surface area is 149 Å². The fraction of sp³-hybridized carbons (Fsp3) is 0.0833. The van der Waals surface area contributed by atoms with Gasteiger partial charge in [0.25, 0.3) is 0 Å². The topological polar surface area (TPSA) is 12.0 Å². The SMILES string of the molecule is CCc1ccccc1Nc1cccc2ccccc12.c1cc2ccc1-2. The number of rotatable bonds is 3. The molecule has 0 aliphatic heterocycles. The highest BCUT2D eigenvalue weighted by Gasteiger charge is 2.04. The lowest BCUT2D eigenvalue weighted by Crippen LogP contribution is -1.95. The van der Waals surface area contributed by atoms with Crippen LogP contribution in [0.5, 0.6) is 0 Å². The van der Waals surface area contributed by atoms with Gasteiger partial charge in [-0.1, -0.05) is 85.8 Å². The maximum absolute atomic E-state index is 3.57. The van der Waals surface area contributed by atoms with Crippen molar-refractivity contribution in [3.05, 3.63) is 96.6 Å². The molecule has 0 fully saturated rings. The van der Waals surface area contributed by atoms with Crippen molar-refractivity contribution in [3.8, 4) is 11.1 Å². The van der Waals surface area contributed by atoms with E-state index in [2.05, 4.69) is 103 Å². The quantitative estimate of drug-likeness (QED) is 0.384. The molecule has 0 saturated carbocycles. The second kappa shape index (κ2) is 6.82.